The Bertz CT molecular complexity index is 822. The molecule has 0 saturated heterocycles. The monoisotopic (exact) mass is 444 g/mol. The molecular weight excluding hydrogens is 412 g/mol. The number of carbonyl (C=O) groups is 3. The summed E-state index contributed by atoms with van der Waals surface area (Å²) >= 11 is 0. The summed E-state index contributed by atoms with van der Waals surface area (Å²) < 4.78 is 15.4. The third-order valence-corrected chi connectivity index (χ3v) is 4.80. The van der Waals surface area contributed by atoms with E-state index in [4.69, 9.17) is 13.9 Å². The maximum Gasteiger partial charge on any atom is 0.306 e. The molecule has 0 atom stereocenters. The first-order chi connectivity index (χ1) is 15.5. The van der Waals surface area contributed by atoms with E-state index in [1.54, 1.807) is 31.3 Å². The van der Waals surface area contributed by atoms with Crippen LogP contribution in [0.2, 0.25) is 0 Å². The molecule has 8 nitrogen and oxygen atoms in total. The van der Waals surface area contributed by atoms with Crippen LogP contribution >= 0.6 is 0 Å². The van der Waals surface area contributed by atoms with Crippen molar-refractivity contribution in [3.63, 3.8) is 0 Å². The zero-order chi connectivity index (χ0) is 23.2. The van der Waals surface area contributed by atoms with Crippen LogP contribution < -0.4 is 0 Å². The van der Waals surface area contributed by atoms with Gasteiger partial charge in [0, 0.05) is 33.2 Å². The van der Waals surface area contributed by atoms with Crippen molar-refractivity contribution in [2.75, 3.05) is 33.4 Å². The molecule has 0 N–H and O–H groups in total. The van der Waals surface area contributed by atoms with Gasteiger partial charge in [-0.15, -0.1) is 0 Å². The van der Waals surface area contributed by atoms with Crippen molar-refractivity contribution in [2.24, 2.45) is 0 Å². The van der Waals surface area contributed by atoms with Gasteiger partial charge < -0.3 is 23.7 Å². The van der Waals surface area contributed by atoms with E-state index in [1.165, 1.54) is 4.90 Å². The van der Waals surface area contributed by atoms with Gasteiger partial charge in [-0.3, -0.25) is 14.4 Å². The summed E-state index contributed by atoms with van der Waals surface area (Å²) in [6, 6.07) is 13.2. The Labute approximate surface area is 189 Å². The highest BCUT2D eigenvalue weighted by Crippen LogP contribution is 2.12. The molecule has 0 aliphatic rings. The second-order valence-electron chi connectivity index (χ2n) is 7.28. The lowest BCUT2D eigenvalue weighted by molar-refractivity contribution is -0.146. The lowest BCUT2D eigenvalue weighted by atomic mass is 10.2. The minimum Gasteiger partial charge on any atom is -0.467 e. The molecule has 1 aromatic heterocycles. The van der Waals surface area contributed by atoms with Crippen molar-refractivity contribution in [3.8, 4) is 0 Å². The van der Waals surface area contributed by atoms with E-state index in [9.17, 15) is 14.4 Å². The highest BCUT2D eigenvalue weighted by Gasteiger charge is 2.23. The van der Waals surface area contributed by atoms with Crippen molar-refractivity contribution < 1.29 is 28.3 Å². The van der Waals surface area contributed by atoms with Crippen molar-refractivity contribution >= 4 is 17.8 Å². The van der Waals surface area contributed by atoms with E-state index >= 15 is 0 Å². The van der Waals surface area contributed by atoms with Crippen LogP contribution in [0.5, 0.6) is 0 Å². The third-order valence-electron chi connectivity index (χ3n) is 4.80. The Hall–Kier alpha value is -3.13. The highest BCUT2D eigenvalue weighted by atomic mass is 16.5. The maximum absolute atomic E-state index is 13.2. The van der Waals surface area contributed by atoms with Gasteiger partial charge in [0.05, 0.1) is 32.4 Å². The lowest BCUT2D eigenvalue weighted by Gasteiger charge is -2.27. The number of ether oxygens (including phenoxy) is 2. The van der Waals surface area contributed by atoms with Crippen LogP contribution in [-0.2, 0) is 36.9 Å². The van der Waals surface area contributed by atoms with Crippen molar-refractivity contribution in [1.29, 1.82) is 0 Å². The van der Waals surface area contributed by atoms with Gasteiger partial charge in [-0.05, 0) is 31.0 Å². The summed E-state index contributed by atoms with van der Waals surface area (Å²) in [4.78, 5) is 40.8. The lowest BCUT2D eigenvalue weighted by Crippen LogP contribution is -2.43. The average Bonchev–Trinajstić information content (AvgIpc) is 3.30. The van der Waals surface area contributed by atoms with Gasteiger partial charge >= 0.3 is 5.97 Å². The number of amides is 2. The third kappa shape index (κ3) is 8.93. The van der Waals surface area contributed by atoms with E-state index < -0.39 is 5.97 Å². The van der Waals surface area contributed by atoms with Crippen LogP contribution in [0.4, 0.5) is 0 Å². The number of hydrogen-bond donors (Lipinski definition) is 0. The summed E-state index contributed by atoms with van der Waals surface area (Å²) in [5.41, 5.74) is 0.979. The van der Waals surface area contributed by atoms with Gasteiger partial charge in [0.25, 0.3) is 0 Å². The predicted molar refractivity (Wildman–Crippen MR) is 118 cm³/mol. The predicted octanol–water partition coefficient (Wildman–Crippen LogP) is 3.02. The van der Waals surface area contributed by atoms with Crippen molar-refractivity contribution in [1.82, 2.24) is 9.80 Å². The van der Waals surface area contributed by atoms with E-state index in [2.05, 4.69) is 0 Å². The largest absolute Gasteiger partial charge is 0.467 e. The zero-order valence-electron chi connectivity index (χ0n) is 18.8. The summed E-state index contributed by atoms with van der Waals surface area (Å²) in [6.45, 7) is 3.42. The molecule has 0 aliphatic heterocycles. The second-order valence-corrected chi connectivity index (χ2v) is 7.28. The Morgan fingerprint density at radius 1 is 0.938 bits per heavy atom. The first-order valence-corrected chi connectivity index (χ1v) is 10.8. The number of hydrogen-bond acceptors (Lipinski definition) is 6. The number of esters is 1. The molecule has 174 valence electrons. The Morgan fingerprint density at radius 2 is 1.72 bits per heavy atom. The van der Waals surface area contributed by atoms with Crippen LogP contribution in [0.3, 0.4) is 0 Å². The number of carbonyl (C=O) groups excluding carboxylic acids is 3. The van der Waals surface area contributed by atoms with Gasteiger partial charge in [-0.25, -0.2) is 0 Å². The SMILES string of the molecule is CCOC(=O)CCC(=O)N(CCCOC)CC(=O)N(Cc1ccccc1)Cc1ccco1. The smallest absolute Gasteiger partial charge is 0.306 e. The van der Waals surface area contributed by atoms with Crippen LogP contribution in [-0.4, -0.2) is 61.0 Å². The molecule has 2 rings (SSSR count). The molecule has 0 fully saturated rings. The average molecular weight is 445 g/mol. The molecule has 32 heavy (non-hydrogen) atoms. The second kappa shape index (κ2) is 14.0. The van der Waals surface area contributed by atoms with Crippen LogP contribution in [0.15, 0.2) is 53.1 Å². The fourth-order valence-electron chi connectivity index (χ4n) is 3.18. The molecule has 1 heterocycles. The first kappa shape index (κ1) is 25.1. The van der Waals surface area contributed by atoms with E-state index in [0.717, 1.165) is 5.56 Å². The molecule has 8 heteroatoms. The van der Waals surface area contributed by atoms with E-state index in [1.807, 2.05) is 36.4 Å². The van der Waals surface area contributed by atoms with Gasteiger partial charge in [0.1, 0.15) is 5.76 Å². The standard InChI is InChI=1S/C24H32N2O6/c1-3-31-24(29)13-12-22(27)25(14-8-15-30-2)19-23(28)26(18-21-11-7-16-32-21)17-20-9-5-4-6-10-20/h4-7,9-11,16H,3,8,12-15,17-19H2,1-2H3. The fourth-order valence-corrected chi connectivity index (χ4v) is 3.18. The summed E-state index contributed by atoms with van der Waals surface area (Å²) in [5.74, 6) is -0.228. The maximum atomic E-state index is 13.2. The number of methoxy groups -OCH3 is 1. The van der Waals surface area contributed by atoms with Crippen LogP contribution in [0, 0.1) is 0 Å². The molecule has 0 spiro atoms. The van der Waals surface area contributed by atoms with Crippen LogP contribution in [0.25, 0.3) is 0 Å². The topological polar surface area (TPSA) is 89.3 Å². The summed E-state index contributed by atoms with van der Waals surface area (Å²) in [7, 11) is 1.59. The molecule has 2 amide bonds. The van der Waals surface area contributed by atoms with Gasteiger partial charge in [-0.1, -0.05) is 30.3 Å². The minimum atomic E-state index is -0.424. The number of rotatable bonds is 14. The highest BCUT2D eigenvalue weighted by molar-refractivity contribution is 5.86. The van der Waals surface area contributed by atoms with Gasteiger partial charge in [0.2, 0.25) is 11.8 Å². The molecule has 0 bridgehead atoms. The van der Waals surface area contributed by atoms with Crippen molar-refractivity contribution in [2.45, 2.75) is 39.3 Å². The van der Waals surface area contributed by atoms with Gasteiger partial charge in [-0.2, -0.15) is 0 Å². The molecule has 0 aliphatic carbocycles. The van der Waals surface area contributed by atoms with E-state index in [0.29, 0.717) is 38.4 Å². The van der Waals surface area contributed by atoms with Crippen molar-refractivity contribution in [3.05, 3.63) is 60.1 Å². The number of nitrogens with zero attached hydrogens (tertiary/aromatic N) is 2. The minimum absolute atomic E-state index is 0.00400. The molecule has 0 saturated carbocycles. The zero-order valence-corrected chi connectivity index (χ0v) is 18.8. The molecule has 1 aromatic carbocycles. The normalized spacial score (nSPS) is 10.6. The Kier molecular flexibility index (Phi) is 11.0. The molecular formula is C24H32N2O6. The molecule has 2 aromatic rings. The Balaban J connectivity index is 2.08. The molecule has 0 unspecified atom stereocenters. The first-order valence-electron chi connectivity index (χ1n) is 10.8. The quantitative estimate of drug-likeness (QED) is 0.329. The summed E-state index contributed by atoms with van der Waals surface area (Å²) in [5, 5.41) is 0. The van der Waals surface area contributed by atoms with E-state index in [-0.39, 0.29) is 37.8 Å². The fraction of sp³-hybridized carbons (Fsp3) is 0.458. The number of benzene rings is 1. The number of furan rings is 1. The molecule has 0 radical (unpaired) electrons. The van der Waals surface area contributed by atoms with Gasteiger partial charge in [0.15, 0.2) is 0 Å². The van der Waals surface area contributed by atoms with Crippen LogP contribution in [0.1, 0.15) is 37.5 Å². The Morgan fingerprint density at radius 3 is 2.38 bits per heavy atom. The summed E-state index contributed by atoms with van der Waals surface area (Å²) in [6.07, 6.45) is 2.14.